The average Bonchev–Trinajstić information content (AvgIpc) is 3.06. The summed E-state index contributed by atoms with van der Waals surface area (Å²) in [4.78, 5) is 0. The van der Waals surface area contributed by atoms with Gasteiger partial charge in [-0.2, -0.15) is 5.10 Å². The molecule has 0 radical (unpaired) electrons. The van der Waals surface area contributed by atoms with E-state index in [1.807, 2.05) is 16.9 Å². The van der Waals surface area contributed by atoms with E-state index in [1.54, 1.807) is 11.3 Å². The molecule has 0 saturated heterocycles. The maximum Gasteiger partial charge on any atom is 0.205 e. The van der Waals surface area contributed by atoms with E-state index in [-0.39, 0.29) is 18.4 Å². The van der Waals surface area contributed by atoms with Crippen molar-refractivity contribution in [1.29, 1.82) is 0 Å². The van der Waals surface area contributed by atoms with Crippen LogP contribution in [0.2, 0.25) is 0 Å². The molecule has 0 bridgehead atoms. The van der Waals surface area contributed by atoms with Crippen LogP contribution in [0.4, 0.5) is 10.9 Å². The first kappa shape index (κ1) is 25.4. The Morgan fingerprint density at radius 3 is 1.85 bits per heavy atom. The summed E-state index contributed by atoms with van der Waals surface area (Å²) < 4.78 is 1.97. The van der Waals surface area contributed by atoms with Gasteiger partial charge in [0, 0.05) is 29.8 Å². The van der Waals surface area contributed by atoms with Crippen molar-refractivity contribution >= 4 is 22.3 Å². The van der Waals surface area contributed by atoms with E-state index in [0.29, 0.717) is 12.1 Å². The van der Waals surface area contributed by atoms with Gasteiger partial charge in [0.05, 0.1) is 5.54 Å². The fourth-order valence-corrected chi connectivity index (χ4v) is 2.85. The number of nitrogens with one attached hydrogen (secondary N) is 2. The molecule has 0 aromatic carbocycles. The third kappa shape index (κ3) is 9.22. The molecule has 0 aliphatic carbocycles. The molecule has 0 unspecified atom stereocenters. The van der Waals surface area contributed by atoms with Crippen molar-refractivity contribution in [2.75, 3.05) is 10.6 Å². The normalized spacial score (nSPS) is 11.7. The molecule has 2 aromatic rings. The highest BCUT2D eigenvalue weighted by molar-refractivity contribution is 7.15. The Morgan fingerprint density at radius 1 is 0.926 bits per heavy atom. The molecule has 2 rings (SSSR count). The van der Waals surface area contributed by atoms with Crippen molar-refractivity contribution in [2.24, 2.45) is 0 Å². The van der Waals surface area contributed by atoms with Gasteiger partial charge >= 0.3 is 0 Å². The summed E-state index contributed by atoms with van der Waals surface area (Å²) in [6.45, 7) is 21.3. The Hall–Kier alpha value is -1.63. The second-order valence-corrected chi connectivity index (χ2v) is 10.1. The van der Waals surface area contributed by atoms with Crippen LogP contribution >= 0.6 is 11.3 Å². The first-order chi connectivity index (χ1) is 11.8. The van der Waals surface area contributed by atoms with Crippen LogP contribution < -0.4 is 10.6 Å². The van der Waals surface area contributed by atoms with Gasteiger partial charge in [0.1, 0.15) is 10.8 Å². The van der Waals surface area contributed by atoms with E-state index in [0.717, 1.165) is 16.0 Å². The predicted octanol–water partition coefficient (Wildman–Crippen LogP) is 5.75. The summed E-state index contributed by atoms with van der Waals surface area (Å²) in [5, 5.41) is 21.2. The highest BCUT2D eigenvalue weighted by Crippen LogP contribution is 2.27. The molecule has 156 valence electrons. The Bertz CT molecular complexity index is 600. The first-order valence-electron chi connectivity index (χ1n) is 9.22. The summed E-state index contributed by atoms with van der Waals surface area (Å²) in [7, 11) is 0. The molecule has 0 aliphatic heterocycles. The zero-order valence-corrected chi connectivity index (χ0v) is 18.8. The van der Waals surface area contributed by atoms with Gasteiger partial charge in [-0.1, -0.05) is 39.5 Å². The van der Waals surface area contributed by atoms with Crippen molar-refractivity contribution in [3.05, 3.63) is 17.3 Å². The van der Waals surface area contributed by atoms with E-state index in [4.69, 9.17) is 0 Å². The molecular weight excluding hydrogens is 356 g/mol. The van der Waals surface area contributed by atoms with Crippen LogP contribution in [0, 0.1) is 0 Å². The van der Waals surface area contributed by atoms with Crippen LogP contribution in [0.3, 0.4) is 0 Å². The van der Waals surface area contributed by atoms with E-state index in [1.165, 1.54) is 0 Å². The van der Waals surface area contributed by atoms with Crippen molar-refractivity contribution in [1.82, 2.24) is 20.0 Å². The van der Waals surface area contributed by atoms with Crippen LogP contribution in [0.1, 0.15) is 81.7 Å². The molecule has 27 heavy (non-hydrogen) atoms. The molecule has 0 aliphatic rings. The fourth-order valence-electron chi connectivity index (χ4n) is 1.90. The molecule has 0 atom stereocenters. The second-order valence-electron chi connectivity index (χ2n) is 9.08. The molecule has 2 N–H and O–H groups in total. The molecular formula is C20H40N6S. The Labute approximate surface area is 170 Å². The number of hydrogen-bond acceptors (Lipinski definition) is 6. The highest BCUT2D eigenvalue weighted by Gasteiger charge is 2.19. The van der Waals surface area contributed by atoms with Crippen molar-refractivity contribution in [2.45, 2.75) is 99.7 Å². The van der Waals surface area contributed by atoms with Gasteiger partial charge in [-0.15, -0.1) is 10.2 Å². The predicted molar refractivity (Wildman–Crippen MR) is 120 cm³/mol. The van der Waals surface area contributed by atoms with Gasteiger partial charge in [-0.05, 0) is 48.5 Å². The summed E-state index contributed by atoms with van der Waals surface area (Å²) in [5.41, 5.74) is 0.172. The lowest BCUT2D eigenvalue weighted by Gasteiger charge is -2.18. The number of anilines is 2. The molecule has 6 nitrogen and oxygen atoms in total. The third-order valence-corrected chi connectivity index (χ3v) is 4.47. The summed E-state index contributed by atoms with van der Waals surface area (Å²) >= 11 is 1.63. The van der Waals surface area contributed by atoms with Crippen LogP contribution in [0.5, 0.6) is 0 Å². The lowest BCUT2D eigenvalue weighted by Crippen LogP contribution is -2.22. The van der Waals surface area contributed by atoms with Gasteiger partial charge in [0.2, 0.25) is 5.13 Å². The van der Waals surface area contributed by atoms with Crippen molar-refractivity contribution < 1.29 is 0 Å². The topological polar surface area (TPSA) is 67.7 Å². The van der Waals surface area contributed by atoms with E-state index >= 15 is 0 Å². The quantitative estimate of drug-likeness (QED) is 0.688. The van der Waals surface area contributed by atoms with Gasteiger partial charge in [0.25, 0.3) is 0 Å². The maximum atomic E-state index is 4.43. The largest absolute Gasteiger partial charge is 0.366 e. The fraction of sp³-hybridized carbons (Fsp3) is 0.750. The van der Waals surface area contributed by atoms with Crippen molar-refractivity contribution in [3.63, 3.8) is 0 Å². The minimum absolute atomic E-state index is 0. The molecule has 0 saturated carbocycles. The smallest absolute Gasteiger partial charge is 0.205 e. The zero-order valence-electron chi connectivity index (χ0n) is 18.0. The summed E-state index contributed by atoms with van der Waals surface area (Å²) in [6, 6.07) is 2.86. The van der Waals surface area contributed by atoms with Gasteiger partial charge in [-0.3, -0.25) is 4.68 Å². The number of hydrogen-bond donors (Lipinski definition) is 2. The number of rotatable bonds is 4. The van der Waals surface area contributed by atoms with Crippen LogP contribution in [-0.2, 0) is 11.0 Å². The number of nitrogens with zero attached hydrogens (tertiary/aromatic N) is 4. The highest BCUT2D eigenvalue weighted by atomic mass is 32.1. The monoisotopic (exact) mass is 396 g/mol. The minimum atomic E-state index is 0. The molecule has 2 heterocycles. The van der Waals surface area contributed by atoms with Crippen LogP contribution in [-0.4, -0.2) is 32.1 Å². The van der Waals surface area contributed by atoms with Gasteiger partial charge < -0.3 is 10.6 Å². The Balaban J connectivity index is 0.000000483. The Morgan fingerprint density at radius 2 is 1.48 bits per heavy atom. The lowest BCUT2D eigenvalue weighted by atomic mass is 9.98. The third-order valence-electron chi connectivity index (χ3n) is 3.19. The lowest BCUT2D eigenvalue weighted by molar-refractivity contribution is 0.356. The second kappa shape index (κ2) is 10.1. The zero-order chi connectivity index (χ0) is 20.1. The SMILES string of the molecule is C.CC(C)Nc1ccn(C(C)(C)C)n1.CC(C)Nc1nnc(C(C)(C)C)s1. The van der Waals surface area contributed by atoms with E-state index in [2.05, 4.69) is 95.2 Å². The molecule has 0 amide bonds. The van der Waals surface area contributed by atoms with E-state index < -0.39 is 0 Å². The van der Waals surface area contributed by atoms with Crippen molar-refractivity contribution in [3.8, 4) is 0 Å². The molecule has 0 fully saturated rings. The summed E-state index contributed by atoms with van der Waals surface area (Å²) in [6.07, 6.45) is 2.00. The first-order valence-corrected chi connectivity index (χ1v) is 10.0. The van der Waals surface area contributed by atoms with E-state index in [9.17, 15) is 0 Å². The molecule has 0 spiro atoms. The molecule has 7 heteroatoms. The minimum Gasteiger partial charge on any atom is -0.366 e. The number of aromatic nitrogens is 4. The standard InChI is InChI=1S/C10H19N3.C9H17N3S.CH4/c1-8(2)11-9-6-7-13(12-9)10(3,4)5;1-6(2)10-8-12-11-7(13-8)9(3,4)5;/h6-8H,1-5H3,(H,11,12);6H,1-5H3,(H,10,12);1H4. The van der Waals surface area contributed by atoms with Crippen LogP contribution in [0.25, 0.3) is 0 Å². The van der Waals surface area contributed by atoms with Gasteiger partial charge in [0.15, 0.2) is 0 Å². The van der Waals surface area contributed by atoms with Crippen LogP contribution in [0.15, 0.2) is 12.3 Å². The summed E-state index contributed by atoms with van der Waals surface area (Å²) in [5.74, 6) is 0.949. The van der Waals surface area contributed by atoms with Gasteiger partial charge in [-0.25, -0.2) is 0 Å². The maximum absolute atomic E-state index is 4.43. The molecule has 2 aromatic heterocycles. The average molecular weight is 397 g/mol. The Kier molecular flexibility index (Phi) is 9.45.